The molecule has 9 heteroatoms. The van der Waals surface area contributed by atoms with E-state index in [9.17, 15) is 4.79 Å². The van der Waals surface area contributed by atoms with E-state index in [1.807, 2.05) is 33.9 Å². The van der Waals surface area contributed by atoms with Crippen molar-refractivity contribution in [2.45, 2.75) is 58.3 Å². The normalized spacial score (nSPS) is 25.3. The first-order valence-electron chi connectivity index (χ1n) is 11.2. The molecule has 2 saturated heterocycles. The highest BCUT2D eigenvalue weighted by atomic mass is 16.6. The first-order valence-corrected chi connectivity index (χ1v) is 11.2. The number of anilines is 1. The van der Waals surface area contributed by atoms with Crippen molar-refractivity contribution >= 4 is 24.0 Å². The number of nitrogens with zero attached hydrogens (tertiary/aromatic N) is 5. The van der Waals surface area contributed by atoms with Crippen LogP contribution in [-0.4, -0.2) is 79.2 Å². The average Bonchev–Trinajstić information content (AvgIpc) is 3.21. The summed E-state index contributed by atoms with van der Waals surface area (Å²) in [4.78, 5) is 29.9. The molecule has 32 heavy (non-hydrogen) atoms. The molecular formula is C23H33N5O4. The molecule has 2 fully saturated rings. The number of aryl methyl sites for hydroxylation is 1. The summed E-state index contributed by atoms with van der Waals surface area (Å²) in [6.45, 7) is 10.4. The van der Waals surface area contributed by atoms with Gasteiger partial charge in [-0.2, -0.15) is 0 Å². The van der Waals surface area contributed by atoms with Crippen LogP contribution in [0.5, 0.6) is 5.88 Å². The molecule has 0 radical (unpaired) electrons. The first-order chi connectivity index (χ1) is 15.2. The Labute approximate surface area is 189 Å². The fraction of sp³-hybridized carbons (Fsp3) is 0.652. The Kier molecular flexibility index (Phi) is 6.26. The second-order valence-electron chi connectivity index (χ2n) is 9.61. The van der Waals surface area contributed by atoms with Crippen LogP contribution in [0, 0.1) is 12.8 Å². The third-order valence-electron chi connectivity index (χ3n) is 6.00. The number of rotatable bonds is 3. The summed E-state index contributed by atoms with van der Waals surface area (Å²) in [5.41, 5.74) is 1.56. The maximum Gasteiger partial charge on any atom is 0.410 e. The molecule has 0 saturated carbocycles. The Morgan fingerprint density at radius 1 is 1.19 bits per heavy atom. The highest BCUT2D eigenvalue weighted by Gasteiger charge is 2.38. The van der Waals surface area contributed by atoms with Crippen LogP contribution < -0.4 is 9.64 Å². The Hall–Kier alpha value is -2.84. The van der Waals surface area contributed by atoms with E-state index in [-0.39, 0.29) is 24.2 Å². The number of ether oxygens (including phenoxy) is 3. The van der Waals surface area contributed by atoms with Gasteiger partial charge in [0.15, 0.2) is 5.90 Å². The molecule has 0 bridgehead atoms. The summed E-state index contributed by atoms with van der Waals surface area (Å²) in [5, 5.41) is 0. The highest BCUT2D eigenvalue weighted by molar-refractivity contribution is 5.89. The molecule has 174 valence electrons. The minimum atomic E-state index is -0.507. The number of pyridine rings is 1. The highest BCUT2D eigenvalue weighted by Crippen LogP contribution is 2.30. The smallest absolute Gasteiger partial charge is 0.410 e. The number of hydrogen-bond acceptors (Lipinski definition) is 8. The summed E-state index contributed by atoms with van der Waals surface area (Å²) in [7, 11) is 1.63. The van der Waals surface area contributed by atoms with Crippen LogP contribution in [0.4, 0.5) is 10.5 Å². The van der Waals surface area contributed by atoms with Crippen LogP contribution in [0.15, 0.2) is 22.2 Å². The molecule has 9 nitrogen and oxygen atoms in total. The summed E-state index contributed by atoms with van der Waals surface area (Å²) >= 11 is 0. The molecule has 3 atom stereocenters. The lowest BCUT2D eigenvalue weighted by Crippen LogP contribution is -2.48. The number of aromatic nitrogens is 1. The van der Waals surface area contributed by atoms with E-state index < -0.39 is 5.60 Å². The third kappa shape index (κ3) is 4.97. The van der Waals surface area contributed by atoms with Gasteiger partial charge in [-0.05, 0) is 40.2 Å². The number of carbonyl (C=O) groups is 1. The zero-order valence-corrected chi connectivity index (χ0v) is 19.6. The second-order valence-corrected chi connectivity index (χ2v) is 9.61. The number of aliphatic imine (C=N–C) groups is 2. The van der Waals surface area contributed by atoms with Gasteiger partial charge in [0.2, 0.25) is 5.88 Å². The molecule has 3 aliphatic rings. The molecule has 0 spiro atoms. The zero-order chi connectivity index (χ0) is 22.9. The number of likely N-dealkylation sites (tertiary alicyclic amines) is 1. The topological polar surface area (TPSA) is 88.9 Å². The number of carbonyl (C=O) groups excluding carboxylic acids is 1. The van der Waals surface area contributed by atoms with Gasteiger partial charge >= 0.3 is 6.09 Å². The van der Waals surface area contributed by atoms with E-state index in [1.165, 1.54) is 0 Å². The number of fused-ring (bicyclic) bond motifs is 1. The number of piperidine rings is 1. The predicted octanol–water partition coefficient (Wildman–Crippen LogP) is 3.06. The monoisotopic (exact) mass is 443 g/mol. The average molecular weight is 444 g/mol. The third-order valence-corrected chi connectivity index (χ3v) is 6.00. The van der Waals surface area contributed by atoms with E-state index in [0.717, 1.165) is 37.2 Å². The summed E-state index contributed by atoms with van der Waals surface area (Å²) < 4.78 is 17.1. The van der Waals surface area contributed by atoms with Crippen molar-refractivity contribution < 1.29 is 19.0 Å². The summed E-state index contributed by atoms with van der Waals surface area (Å²) in [6.07, 6.45) is 4.77. The molecule has 0 N–H and O–H groups in total. The van der Waals surface area contributed by atoms with E-state index in [2.05, 4.69) is 25.9 Å². The van der Waals surface area contributed by atoms with Crippen molar-refractivity contribution in [3.8, 4) is 5.88 Å². The van der Waals surface area contributed by atoms with Gasteiger partial charge in [-0.3, -0.25) is 4.99 Å². The standard InChI is InChI=1S/C23H33N5O4/c1-15-10-16(11-24-20(15)30-5)27-9-7-19-18(13-27)21(26-14-25-19)31-17-6-8-28(12-17)22(29)32-23(2,3)4/h10-11,14,17-19H,6-9,12-13H2,1-5H3/t17-,18?,19?/m0/s1. The van der Waals surface area contributed by atoms with Gasteiger partial charge in [0, 0.05) is 31.6 Å². The maximum atomic E-state index is 12.4. The molecule has 4 heterocycles. The van der Waals surface area contributed by atoms with Gasteiger partial charge in [0.25, 0.3) is 0 Å². The fourth-order valence-corrected chi connectivity index (χ4v) is 4.41. The van der Waals surface area contributed by atoms with Gasteiger partial charge in [-0.1, -0.05) is 0 Å². The SMILES string of the molecule is COc1ncc(N2CCC3N=CN=C(O[C@H]4CCN(C(=O)OC(C)(C)C)C4)C3C2)cc1C. The van der Waals surface area contributed by atoms with Crippen molar-refractivity contribution in [1.29, 1.82) is 0 Å². The lowest BCUT2D eigenvalue weighted by atomic mass is 9.91. The van der Waals surface area contributed by atoms with Gasteiger partial charge in [-0.25, -0.2) is 14.8 Å². The molecule has 1 aromatic heterocycles. The Morgan fingerprint density at radius 2 is 2.00 bits per heavy atom. The maximum absolute atomic E-state index is 12.4. The minimum absolute atomic E-state index is 0.0757. The van der Waals surface area contributed by atoms with E-state index >= 15 is 0 Å². The van der Waals surface area contributed by atoms with Crippen LogP contribution in [0.2, 0.25) is 0 Å². The molecular weight excluding hydrogens is 410 g/mol. The van der Waals surface area contributed by atoms with Gasteiger partial charge in [0.1, 0.15) is 18.0 Å². The van der Waals surface area contributed by atoms with Crippen molar-refractivity contribution in [2.75, 3.05) is 38.2 Å². The number of hydrogen-bond donors (Lipinski definition) is 0. The van der Waals surface area contributed by atoms with E-state index in [4.69, 9.17) is 14.2 Å². The van der Waals surface area contributed by atoms with E-state index in [1.54, 1.807) is 18.3 Å². The quantitative estimate of drug-likeness (QED) is 0.713. The largest absolute Gasteiger partial charge is 0.481 e. The molecule has 1 aromatic rings. The van der Waals surface area contributed by atoms with Gasteiger partial charge in [-0.15, -0.1) is 0 Å². The Balaban J connectivity index is 1.40. The number of amides is 1. The Morgan fingerprint density at radius 3 is 2.72 bits per heavy atom. The van der Waals surface area contributed by atoms with E-state index in [0.29, 0.717) is 24.9 Å². The van der Waals surface area contributed by atoms with Crippen LogP contribution in [-0.2, 0) is 9.47 Å². The lowest BCUT2D eigenvalue weighted by molar-refractivity contribution is 0.0271. The van der Waals surface area contributed by atoms with Crippen molar-refractivity contribution in [3.63, 3.8) is 0 Å². The van der Waals surface area contributed by atoms with Crippen molar-refractivity contribution in [2.24, 2.45) is 15.9 Å². The van der Waals surface area contributed by atoms with Crippen LogP contribution in [0.1, 0.15) is 39.2 Å². The molecule has 4 rings (SSSR count). The molecule has 2 unspecified atom stereocenters. The second kappa shape index (κ2) is 8.96. The first kappa shape index (κ1) is 22.4. The summed E-state index contributed by atoms with van der Waals surface area (Å²) in [5.74, 6) is 1.43. The van der Waals surface area contributed by atoms with Crippen molar-refractivity contribution in [3.05, 3.63) is 17.8 Å². The number of methoxy groups -OCH3 is 1. The van der Waals surface area contributed by atoms with Crippen LogP contribution in [0.25, 0.3) is 0 Å². The van der Waals surface area contributed by atoms with Crippen LogP contribution in [0.3, 0.4) is 0 Å². The zero-order valence-electron chi connectivity index (χ0n) is 19.6. The van der Waals surface area contributed by atoms with Gasteiger partial charge in [0.05, 0.1) is 37.5 Å². The van der Waals surface area contributed by atoms with Crippen LogP contribution >= 0.6 is 0 Å². The Bertz CT molecular complexity index is 910. The molecule has 0 aromatic carbocycles. The molecule has 1 amide bonds. The summed E-state index contributed by atoms with van der Waals surface area (Å²) in [6, 6.07) is 2.26. The van der Waals surface area contributed by atoms with Gasteiger partial charge < -0.3 is 24.0 Å². The lowest BCUT2D eigenvalue weighted by Gasteiger charge is -2.39. The molecule has 0 aliphatic carbocycles. The molecule has 3 aliphatic heterocycles. The van der Waals surface area contributed by atoms with Crippen molar-refractivity contribution in [1.82, 2.24) is 9.88 Å². The fourth-order valence-electron chi connectivity index (χ4n) is 4.41. The minimum Gasteiger partial charge on any atom is -0.481 e. The predicted molar refractivity (Wildman–Crippen MR) is 123 cm³/mol.